The molecule has 2 aromatic heterocycles. The number of rotatable bonds is 0. The zero-order valence-corrected chi connectivity index (χ0v) is 17.3. The summed E-state index contributed by atoms with van der Waals surface area (Å²) in [4.78, 5) is 17.8. The van der Waals surface area contributed by atoms with Gasteiger partial charge in [-0.3, -0.25) is 9.48 Å². The van der Waals surface area contributed by atoms with Gasteiger partial charge in [0.2, 0.25) is 17.3 Å². The van der Waals surface area contributed by atoms with Crippen molar-refractivity contribution < 1.29 is 23.4 Å². The van der Waals surface area contributed by atoms with E-state index in [4.69, 9.17) is 19.9 Å². The number of aryl methyl sites for hydroxylation is 1. The highest BCUT2D eigenvalue weighted by Gasteiger charge is 2.51. The van der Waals surface area contributed by atoms with Gasteiger partial charge in [0, 0.05) is 29.9 Å². The normalized spacial score (nSPS) is 18.7. The molecule has 0 aliphatic carbocycles. The summed E-state index contributed by atoms with van der Waals surface area (Å²) in [6.07, 6.45) is 0.744. The van der Waals surface area contributed by atoms with Crippen molar-refractivity contribution in [1.29, 1.82) is 5.26 Å². The van der Waals surface area contributed by atoms with Crippen LogP contribution in [0.1, 0.15) is 34.6 Å². The fourth-order valence-corrected chi connectivity index (χ4v) is 3.93. The molecular formula is C22H18FN5O4. The third-order valence-corrected chi connectivity index (χ3v) is 5.67. The van der Waals surface area contributed by atoms with Crippen LogP contribution in [0.4, 0.5) is 10.2 Å². The van der Waals surface area contributed by atoms with Crippen LogP contribution in [0.3, 0.4) is 0 Å². The summed E-state index contributed by atoms with van der Waals surface area (Å²) in [5.41, 5.74) is 6.28. The quantitative estimate of drug-likeness (QED) is 0.571. The monoisotopic (exact) mass is 435 g/mol. The molecule has 10 heteroatoms. The van der Waals surface area contributed by atoms with Crippen molar-refractivity contribution in [1.82, 2.24) is 14.8 Å². The number of nitrogens with zero attached hydrogens (tertiary/aromatic N) is 4. The topological polar surface area (TPSA) is 125 Å². The standard InChI is InChI=1S/C22H18FN5O4/c1-11-15-6-13(23)3-4-14(15)19(29)22(9-30-10-22)32-21-18(16(7-24)28(2)27-21)12-5-17(31-11)20(25)26-8-12/h3-6,8,11H,9-10H2,1-2H3,(H2,25,26). The predicted octanol–water partition coefficient (Wildman–Crippen LogP) is 2.56. The van der Waals surface area contributed by atoms with Gasteiger partial charge in [-0.05, 0) is 31.2 Å². The minimum absolute atomic E-state index is 0.0129. The third kappa shape index (κ3) is 2.90. The van der Waals surface area contributed by atoms with Gasteiger partial charge < -0.3 is 19.9 Å². The van der Waals surface area contributed by atoms with E-state index >= 15 is 0 Å². The highest BCUT2D eigenvalue weighted by molar-refractivity contribution is 6.05. The van der Waals surface area contributed by atoms with Gasteiger partial charge in [-0.1, -0.05) is 0 Å². The second-order valence-corrected chi connectivity index (χ2v) is 7.78. The highest BCUT2D eigenvalue weighted by atomic mass is 19.1. The van der Waals surface area contributed by atoms with Crippen molar-refractivity contribution in [3.63, 3.8) is 0 Å². The van der Waals surface area contributed by atoms with Gasteiger partial charge >= 0.3 is 0 Å². The molecule has 162 valence electrons. The van der Waals surface area contributed by atoms with Crippen molar-refractivity contribution in [2.75, 3.05) is 18.9 Å². The number of anilines is 1. The lowest BCUT2D eigenvalue weighted by Gasteiger charge is -2.40. The van der Waals surface area contributed by atoms with Gasteiger partial charge in [0.25, 0.3) is 0 Å². The second kappa shape index (κ2) is 7.03. The lowest BCUT2D eigenvalue weighted by atomic mass is 9.87. The van der Waals surface area contributed by atoms with E-state index in [1.165, 1.54) is 29.1 Å². The van der Waals surface area contributed by atoms with Crippen molar-refractivity contribution in [2.45, 2.75) is 18.6 Å². The summed E-state index contributed by atoms with van der Waals surface area (Å²) in [7, 11) is 1.60. The summed E-state index contributed by atoms with van der Waals surface area (Å²) in [5.74, 6) is -0.492. The molecule has 32 heavy (non-hydrogen) atoms. The van der Waals surface area contributed by atoms with E-state index in [9.17, 15) is 14.4 Å². The molecule has 9 nitrogen and oxygen atoms in total. The van der Waals surface area contributed by atoms with Gasteiger partial charge in [0.05, 0.1) is 18.8 Å². The summed E-state index contributed by atoms with van der Waals surface area (Å²) < 4.78 is 33.0. The molecule has 0 saturated carbocycles. The van der Waals surface area contributed by atoms with Crippen LogP contribution in [0.25, 0.3) is 11.1 Å². The predicted molar refractivity (Wildman–Crippen MR) is 110 cm³/mol. The number of halogens is 1. The Kier molecular flexibility index (Phi) is 4.39. The molecular weight excluding hydrogens is 417 g/mol. The SMILES string of the molecule is CC1Oc2cc(cnc2N)-c2c(nn(C)c2C#N)OC2(COC2)C(=O)c2ccc(F)cc21. The maximum Gasteiger partial charge on any atom is 0.243 e. The third-order valence-electron chi connectivity index (χ3n) is 5.67. The van der Waals surface area contributed by atoms with E-state index in [0.717, 1.165) is 0 Å². The van der Waals surface area contributed by atoms with Crippen LogP contribution in [0.5, 0.6) is 11.6 Å². The van der Waals surface area contributed by atoms with Crippen molar-refractivity contribution in [2.24, 2.45) is 7.05 Å². The Balaban J connectivity index is 1.79. The van der Waals surface area contributed by atoms with Gasteiger partial charge in [0.1, 0.15) is 23.7 Å². The number of carbonyl (C=O) groups is 1. The number of ketones is 1. The summed E-state index contributed by atoms with van der Waals surface area (Å²) >= 11 is 0. The van der Waals surface area contributed by atoms with Gasteiger partial charge in [-0.25, -0.2) is 9.37 Å². The molecule has 1 atom stereocenters. The number of pyridine rings is 1. The Bertz CT molecular complexity index is 1310. The minimum Gasteiger partial charge on any atom is -0.482 e. The number of nitrogen functional groups attached to an aromatic ring is 1. The summed E-state index contributed by atoms with van der Waals surface area (Å²) in [6.45, 7) is 1.66. The van der Waals surface area contributed by atoms with Crippen LogP contribution in [-0.2, 0) is 11.8 Å². The van der Waals surface area contributed by atoms with Crippen LogP contribution < -0.4 is 15.2 Å². The molecule has 2 aliphatic rings. The molecule has 1 aromatic carbocycles. The Hall–Kier alpha value is -3.97. The first-order valence-corrected chi connectivity index (χ1v) is 9.83. The van der Waals surface area contributed by atoms with Crippen molar-refractivity contribution >= 4 is 11.6 Å². The summed E-state index contributed by atoms with van der Waals surface area (Å²) in [5, 5.41) is 14.0. The van der Waals surface area contributed by atoms with Crippen LogP contribution in [0.2, 0.25) is 0 Å². The number of carbonyl (C=O) groups excluding carboxylic acids is 1. The van der Waals surface area contributed by atoms with Crippen molar-refractivity contribution in [3.05, 3.63) is 53.1 Å². The Morgan fingerprint density at radius 1 is 1.34 bits per heavy atom. The second-order valence-electron chi connectivity index (χ2n) is 7.78. The fourth-order valence-electron chi connectivity index (χ4n) is 3.93. The van der Waals surface area contributed by atoms with E-state index in [1.807, 2.05) is 0 Å². The van der Waals surface area contributed by atoms with E-state index in [0.29, 0.717) is 16.7 Å². The average Bonchev–Trinajstić information content (AvgIpc) is 3.05. The zero-order valence-electron chi connectivity index (χ0n) is 17.3. The molecule has 3 aromatic rings. The number of hydrogen-bond donors (Lipinski definition) is 1. The maximum absolute atomic E-state index is 14.1. The Labute approximate surface area is 182 Å². The zero-order chi connectivity index (χ0) is 22.6. The Morgan fingerprint density at radius 2 is 2.12 bits per heavy atom. The maximum atomic E-state index is 14.1. The van der Waals surface area contributed by atoms with Crippen LogP contribution in [0.15, 0.2) is 30.5 Å². The van der Waals surface area contributed by atoms with E-state index < -0.39 is 17.5 Å². The van der Waals surface area contributed by atoms with Gasteiger partial charge in [-0.15, -0.1) is 5.10 Å². The minimum atomic E-state index is -1.37. The van der Waals surface area contributed by atoms with E-state index in [-0.39, 0.29) is 47.7 Å². The number of nitriles is 1. The number of benzene rings is 1. The lowest BCUT2D eigenvalue weighted by molar-refractivity contribution is -0.134. The molecule has 4 heterocycles. The molecule has 1 saturated heterocycles. The van der Waals surface area contributed by atoms with Crippen LogP contribution in [0, 0.1) is 17.1 Å². The lowest BCUT2D eigenvalue weighted by Crippen LogP contribution is -2.60. The first kappa shape index (κ1) is 20.0. The largest absolute Gasteiger partial charge is 0.482 e. The number of Topliss-reactive ketones (excluding diaryl/α,β-unsaturated/α-hetero) is 1. The first-order valence-electron chi connectivity index (χ1n) is 9.83. The van der Waals surface area contributed by atoms with Gasteiger partial charge in [-0.2, -0.15) is 5.26 Å². The molecule has 2 aliphatic heterocycles. The molecule has 2 bridgehead atoms. The number of fused-ring (bicyclic) bond motifs is 5. The molecule has 0 radical (unpaired) electrons. The molecule has 1 unspecified atom stereocenters. The van der Waals surface area contributed by atoms with Crippen LogP contribution in [-0.4, -0.2) is 39.4 Å². The Morgan fingerprint density at radius 3 is 2.81 bits per heavy atom. The molecule has 1 spiro atoms. The summed E-state index contributed by atoms with van der Waals surface area (Å²) in [6, 6.07) is 7.59. The molecule has 2 N–H and O–H groups in total. The molecule has 1 fully saturated rings. The molecule has 5 rings (SSSR count). The number of ether oxygens (including phenoxy) is 3. The average molecular weight is 435 g/mol. The van der Waals surface area contributed by atoms with Gasteiger partial charge in [0.15, 0.2) is 11.6 Å². The number of hydrogen-bond acceptors (Lipinski definition) is 8. The highest BCUT2D eigenvalue weighted by Crippen LogP contribution is 2.41. The van der Waals surface area contributed by atoms with Crippen molar-refractivity contribution in [3.8, 4) is 28.8 Å². The van der Waals surface area contributed by atoms with E-state index in [2.05, 4.69) is 16.2 Å². The van der Waals surface area contributed by atoms with Crippen LogP contribution >= 0.6 is 0 Å². The fraction of sp³-hybridized carbons (Fsp3) is 0.273. The molecule has 0 amide bonds. The smallest absolute Gasteiger partial charge is 0.243 e. The van der Waals surface area contributed by atoms with E-state index in [1.54, 1.807) is 20.0 Å². The number of aromatic nitrogens is 3. The number of nitrogens with two attached hydrogens (primary N) is 1. The first-order chi connectivity index (χ1) is 15.3.